The predicted molar refractivity (Wildman–Crippen MR) is 99.6 cm³/mol. The molecule has 4 heteroatoms. The van der Waals surface area contributed by atoms with Gasteiger partial charge in [0.25, 0.3) is 0 Å². The molecule has 0 unspecified atom stereocenters. The van der Waals surface area contributed by atoms with E-state index in [1.807, 2.05) is 30.7 Å². The van der Waals surface area contributed by atoms with Crippen LogP contribution in [0.1, 0.15) is 38.3 Å². The first-order chi connectivity index (χ1) is 11.7. The first-order valence-corrected chi connectivity index (χ1v) is 8.86. The molecule has 0 aliphatic rings. The Balaban J connectivity index is 1.68. The third kappa shape index (κ3) is 3.71. The summed E-state index contributed by atoms with van der Waals surface area (Å²) in [5.41, 5.74) is 2.89. The van der Waals surface area contributed by atoms with Crippen molar-refractivity contribution in [1.82, 2.24) is 9.78 Å². The Labute approximate surface area is 146 Å². The highest BCUT2D eigenvalue weighted by molar-refractivity contribution is 7.12. The van der Waals surface area contributed by atoms with Gasteiger partial charge >= 0.3 is 0 Å². The Hall–Kier alpha value is -2.46. The van der Waals surface area contributed by atoms with Gasteiger partial charge in [-0.25, -0.2) is 0 Å². The maximum atomic E-state index is 12.3. The van der Waals surface area contributed by atoms with Gasteiger partial charge in [0.1, 0.15) is 0 Å². The second-order valence-electron chi connectivity index (χ2n) is 5.62. The molecule has 3 nitrogen and oxygen atoms in total. The second kappa shape index (κ2) is 7.41. The standard InChI is InChI=1S/C20H20N2OS/c1-3-22-15(2)19(14-21-22)20(23)12-11-17-9-10-18(24-17)13-16-7-5-4-6-8-16/h4-12,14H,3,13H2,1-2H3/b12-11+. The van der Waals surface area contributed by atoms with Crippen LogP contribution in [-0.4, -0.2) is 15.6 Å². The molecule has 0 aliphatic heterocycles. The second-order valence-corrected chi connectivity index (χ2v) is 6.82. The van der Waals surface area contributed by atoms with E-state index in [0.717, 1.165) is 23.5 Å². The fourth-order valence-corrected chi connectivity index (χ4v) is 3.58. The number of aryl methyl sites for hydroxylation is 1. The normalized spacial score (nSPS) is 11.2. The summed E-state index contributed by atoms with van der Waals surface area (Å²) < 4.78 is 1.84. The molecule has 0 saturated heterocycles. The molecule has 0 fully saturated rings. The van der Waals surface area contributed by atoms with Crippen LogP contribution in [0.25, 0.3) is 6.08 Å². The van der Waals surface area contributed by atoms with Crippen LogP contribution < -0.4 is 0 Å². The van der Waals surface area contributed by atoms with Crippen LogP contribution in [-0.2, 0) is 13.0 Å². The smallest absolute Gasteiger partial charge is 0.189 e. The number of rotatable bonds is 6. The first-order valence-electron chi connectivity index (χ1n) is 8.05. The molecule has 0 amide bonds. The third-order valence-electron chi connectivity index (χ3n) is 3.97. The molecule has 24 heavy (non-hydrogen) atoms. The highest BCUT2D eigenvalue weighted by Crippen LogP contribution is 2.21. The predicted octanol–water partition coefficient (Wildman–Crippen LogP) is 4.76. The fourth-order valence-electron chi connectivity index (χ4n) is 2.63. The van der Waals surface area contributed by atoms with E-state index in [1.165, 1.54) is 10.4 Å². The molecule has 3 aromatic rings. The van der Waals surface area contributed by atoms with Gasteiger partial charge in [0, 0.05) is 28.4 Å². The van der Waals surface area contributed by atoms with E-state index < -0.39 is 0 Å². The van der Waals surface area contributed by atoms with Gasteiger partial charge in [-0.3, -0.25) is 9.48 Å². The number of carbonyl (C=O) groups is 1. The van der Waals surface area contributed by atoms with Crippen molar-refractivity contribution in [1.29, 1.82) is 0 Å². The zero-order valence-corrected chi connectivity index (χ0v) is 14.7. The third-order valence-corrected chi connectivity index (χ3v) is 5.02. The first kappa shape index (κ1) is 16.4. The highest BCUT2D eigenvalue weighted by Gasteiger charge is 2.11. The Morgan fingerprint density at radius 2 is 2.00 bits per heavy atom. The van der Waals surface area contributed by atoms with Crippen LogP contribution >= 0.6 is 11.3 Å². The summed E-state index contributed by atoms with van der Waals surface area (Å²) in [6.07, 6.45) is 6.11. The topological polar surface area (TPSA) is 34.9 Å². The Bertz CT molecular complexity index is 859. The molecule has 0 spiro atoms. The minimum Gasteiger partial charge on any atom is -0.289 e. The van der Waals surface area contributed by atoms with Gasteiger partial charge in [0.05, 0.1) is 11.8 Å². The summed E-state index contributed by atoms with van der Waals surface area (Å²) >= 11 is 1.72. The monoisotopic (exact) mass is 336 g/mol. The maximum absolute atomic E-state index is 12.3. The maximum Gasteiger partial charge on any atom is 0.189 e. The Kier molecular flexibility index (Phi) is 5.06. The number of hydrogen-bond donors (Lipinski definition) is 0. The van der Waals surface area contributed by atoms with E-state index in [2.05, 4.69) is 41.5 Å². The number of benzene rings is 1. The van der Waals surface area contributed by atoms with Crippen molar-refractivity contribution in [3.05, 3.63) is 81.3 Å². The van der Waals surface area contributed by atoms with Crippen molar-refractivity contribution in [3.63, 3.8) is 0 Å². The number of carbonyl (C=O) groups excluding carboxylic acids is 1. The van der Waals surface area contributed by atoms with Crippen molar-refractivity contribution >= 4 is 23.2 Å². The van der Waals surface area contributed by atoms with E-state index in [1.54, 1.807) is 23.6 Å². The van der Waals surface area contributed by atoms with Crippen LogP contribution in [0.15, 0.2) is 54.7 Å². The molecule has 0 radical (unpaired) electrons. The molecule has 3 rings (SSSR count). The Morgan fingerprint density at radius 3 is 2.71 bits per heavy atom. The number of nitrogens with zero attached hydrogens (tertiary/aromatic N) is 2. The quantitative estimate of drug-likeness (QED) is 0.480. The lowest BCUT2D eigenvalue weighted by Crippen LogP contribution is -2.01. The summed E-state index contributed by atoms with van der Waals surface area (Å²) in [5.74, 6) is 0.00482. The van der Waals surface area contributed by atoms with Crippen LogP contribution in [0, 0.1) is 6.92 Å². The minimum absolute atomic E-state index is 0.00482. The molecule has 0 atom stereocenters. The van der Waals surface area contributed by atoms with Crippen LogP contribution in [0.4, 0.5) is 0 Å². The van der Waals surface area contributed by atoms with Crippen molar-refractivity contribution in [2.24, 2.45) is 0 Å². The summed E-state index contributed by atoms with van der Waals surface area (Å²) in [6, 6.07) is 14.6. The molecular weight excluding hydrogens is 316 g/mol. The number of ketones is 1. The zero-order valence-electron chi connectivity index (χ0n) is 13.9. The van der Waals surface area contributed by atoms with Gasteiger partial charge in [-0.2, -0.15) is 5.10 Å². The lowest BCUT2D eigenvalue weighted by atomic mass is 10.1. The van der Waals surface area contributed by atoms with Gasteiger partial charge in [-0.15, -0.1) is 11.3 Å². The Morgan fingerprint density at radius 1 is 1.21 bits per heavy atom. The average molecular weight is 336 g/mol. The van der Waals surface area contributed by atoms with E-state index in [4.69, 9.17) is 0 Å². The fraction of sp³-hybridized carbons (Fsp3) is 0.200. The largest absolute Gasteiger partial charge is 0.289 e. The molecule has 0 N–H and O–H groups in total. The van der Waals surface area contributed by atoms with E-state index in [-0.39, 0.29) is 5.78 Å². The van der Waals surface area contributed by atoms with Crippen molar-refractivity contribution in [2.75, 3.05) is 0 Å². The van der Waals surface area contributed by atoms with Crippen molar-refractivity contribution < 1.29 is 4.79 Å². The van der Waals surface area contributed by atoms with Crippen molar-refractivity contribution in [2.45, 2.75) is 26.8 Å². The molecule has 0 aliphatic carbocycles. The number of thiophene rings is 1. The molecule has 122 valence electrons. The average Bonchev–Trinajstić information content (AvgIpc) is 3.20. The SMILES string of the molecule is CCn1ncc(C(=O)/C=C/c2ccc(Cc3ccccc3)s2)c1C. The lowest BCUT2D eigenvalue weighted by Gasteiger charge is -1.99. The summed E-state index contributed by atoms with van der Waals surface area (Å²) in [5, 5.41) is 4.23. The van der Waals surface area contributed by atoms with Crippen LogP contribution in [0.2, 0.25) is 0 Å². The summed E-state index contributed by atoms with van der Waals surface area (Å²) in [4.78, 5) is 14.7. The molecule has 0 saturated carbocycles. The van der Waals surface area contributed by atoms with Gasteiger partial charge in [0.2, 0.25) is 0 Å². The molecule has 1 aromatic carbocycles. The van der Waals surface area contributed by atoms with Gasteiger partial charge in [0.15, 0.2) is 5.78 Å². The number of allylic oxidation sites excluding steroid dienone is 1. The van der Waals surface area contributed by atoms with Crippen LogP contribution in [0.5, 0.6) is 0 Å². The zero-order chi connectivity index (χ0) is 16.9. The highest BCUT2D eigenvalue weighted by atomic mass is 32.1. The molecule has 2 aromatic heterocycles. The molecule has 2 heterocycles. The number of aromatic nitrogens is 2. The van der Waals surface area contributed by atoms with Gasteiger partial charge in [-0.1, -0.05) is 30.3 Å². The molecule has 0 bridgehead atoms. The van der Waals surface area contributed by atoms with Gasteiger partial charge in [-0.05, 0) is 43.7 Å². The summed E-state index contributed by atoms with van der Waals surface area (Å²) in [6.45, 7) is 4.72. The van der Waals surface area contributed by atoms with E-state index in [0.29, 0.717) is 5.56 Å². The van der Waals surface area contributed by atoms with Crippen molar-refractivity contribution in [3.8, 4) is 0 Å². The van der Waals surface area contributed by atoms with Gasteiger partial charge < -0.3 is 0 Å². The van der Waals surface area contributed by atoms with E-state index in [9.17, 15) is 4.79 Å². The minimum atomic E-state index is 0.00482. The summed E-state index contributed by atoms with van der Waals surface area (Å²) in [7, 11) is 0. The lowest BCUT2D eigenvalue weighted by molar-refractivity contribution is 0.104. The molecular formula is C20H20N2OS. The van der Waals surface area contributed by atoms with Crippen LogP contribution in [0.3, 0.4) is 0 Å². The van der Waals surface area contributed by atoms with E-state index >= 15 is 0 Å². The number of hydrogen-bond acceptors (Lipinski definition) is 3.